The van der Waals surface area contributed by atoms with Crippen molar-refractivity contribution in [3.63, 3.8) is 0 Å². The van der Waals surface area contributed by atoms with Gasteiger partial charge >= 0.3 is 0 Å². The Labute approximate surface area is 241 Å². The second kappa shape index (κ2) is 11.1. The van der Waals surface area contributed by atoms with Crippen LogP contribution in [0.15, 0.2) is 146 Å². The van der Waals surface area contributed by atoms with Gasteiger partial charge in [0.05, 0.1) is 11.4 Å². The molecule has 0 aliphatic rings. The lowest BCUT2D eigenvalue weighted by Gasteiger charge is -2.33. The van der Waals surface area contributed by atoms with Crippen LogP contribution in [0.25, 0.3) is 22.5 Å². The standard InChI is InChI=1S/C37H31N3O/c1-37(2,28-15-5-3-6-16-28)32-21-13-25-38-36(32)40(29-17-7-4-8-18-29)30-19-11-14-27(26-30)33-22-12-23-34(39-33)31-20-9-10-24-35(31)41/h3-26,41H,1-2H3. The first-order valence-corrected chi connectivity index (χ1v) is 13.7. The summed E-state index contributed by atoms with van der Waals surface area (Å²) in [4.78, 5) is 12.1. The fraction of sp³-hybridized carbons (Fsp3) is 0.0811. The van der Waals surface area contributed by atoms with Gasteiger partial charge in [-0.2, -0.15) is 0 Å². The third-order valence-corrected chi connectivity index (χ3v) is 7.51. The SMILES string of the molecule is CC(C)(c1ccccc1)c1cccnc1N(c1ccccc1)c1cccc(-c2cccc(-c3ccccc3O)n2)c1. The number of aromatic nitrogens is 2. The molecule has 0 atom stereocenters. The number of anilines is 3. The van der Waals surface area contributed by atoms with Crippen molar-refractivity contribution in [3.8, 4) is 28.3 Å². The van der Waals surface area contributed by atoms with Gasteiger partial charge in [0.15, 0.2) is 0 Å². The Bertz CT molecular complexity index is 1780. The van der Waals surface area contributed by atoms with Crippen molar-refractivity contribution in [2.24, 2.45) is 0 Å². The predicted octanol–water partition coefficient (Wildman–Crippen LogP) is 9.31. The number of rotatable bonds is 7. The summed E-state index contributed by atoms with van der Waals surface area (Å²) < 4.78 is 0. The Morgan fingerprint density at radius 3 is 2.05 bits per heavy atom. The number of hydrogen-bond acceptors (Lipinski definition) is 4. The van der Waals surface area contributed by atoms with Gasteiger partial charge in [-0.1, -0.05) is 98.8 Å². The topological polar surface area (TPSA) is 49.2 Å². The lowest BCUT2D eigenvalue weighted by molar-refractivity contribution is 0.477. The van der Waals surface area contributed by atoms with E-state index in [9.17, 15) is 5.11 Å². The van der Waals surface area contributed by atoms with Crippen LogP contribution in [-0.2, 0) is 5.41 Å². The maximum atomic E-state index is 10.4. The Hall–Kier alpha value is -5.22. The molecule has 4 nitrogen and oxygen atoms in total. The third-order valence-electron chi connectivity index (χ3n) is 7.51. The molecule has 2 aromatic heterocycles. The number of phenolic OH excluding ortho intramolecular Hbond substituents is 1. The highest BCUT2D eigenvalue weighted by atomic mass is 16.3. The minimum Gasteiger partial charge on any atom is -0.507 e. The minimum atomic E-state index is -0.289. The number of hydrogen-bond donors (Lipinski definition) is 1. The molecule has 0 amide bonds. The molecule has 41 heavy (non-hydrogen) atoms. The Morgan fingerprint density at radius 1 is 0.610 bits per heavy atom. The largest absolute Gasteiger partial charge is 0.507 e. The van der Waals surface area contributed by atoms with Crippen LogP contribution < -0.4 is 4.90 Å². The third kappa shape index (κ3) is 5.20. The summed E-state index contributed by atoms with van der Waals surface area (Å²) >= 11 is 0. The number of aromatic hydroxyl groups is 1. The van der Waals surface area contributed by atoms with Crippen molar-refractivity contribution in [1.82, 2.24) is 9.97 Å². The number of pyridine rings is 2. The first kappa shape index (κ1) is 26.0. The summed E-state index contributed by atoms with van der Waals surface area (Å²) in [6, 6.07) is 46.7. The first-order valence-electron chi connectivity index (χ1n) is 13.7. The maximum Gasteiger partial charge on any atom is 0.141 e. The van der Waals surface area contributed by atoms with Crippen LogP contribution in [0.2, 0.25) is 0 Å². The second-order valence-electron chi connectivity index (χ2n) is 10.5. The van der Waals surface area contributed by atoms with Crippen molar-refractivity contribution in [2.45, 2.75) is 19.3 Å². The summed E-state index contributed by atoms with van der Waals surface area (Å²) in [6.45, 7) is 4.49. The van der Waals surface area contributed by atoms with E-state index in [-0.39, 0.29) is 11.2 Å². The molecule has 2 heterocycles. The molecule has 0 aliphatic heterocycles. The van der Waals surface area contributed by atoms with Crippen LogP contribution >= 0.6 is 0 Å². The minimum absolute atomic E-state index is 0.213. The quantitative estimate of drug-likeness (QED) is 0.222. The van der Waals surface area contributed by atoms with Gasteiger partial charge in [0.2, 0.25) is 0 Å². The molecule has 0 aliphatic carbocycles. The lowest BCUT2D eigenvalue weighted by Crippen LogP contribution is -2.24. The molecule has 0 bridgehead atoms. The highest BCUT2D eigenvalue weighted by Gasteiger charge is 2.29. The first-order chi connectivity index (χ1) is 20.0. The molecule has 200 valence electrons. The molecule has 6 aromatic rings. The van der Waals surface area contributed by atoms with Crippen molar-refractivity contribution >= 4 is 17.2 Å². The molecule has 0 spiro atoms. The van der Waals surface area contributed by atoms with Gasteiger partial charge < -0.3 is 5.11 Å². The zero-order valence-corrected chi connectivity index (χ0v) is 23.1. The smallest absolute Gasteiger partial charge is 0.141 e. The lowest BCUT2D eigenvalue weighted by atomic mass is 9.78. The molecule has 0 radical (unpaired) electrons. The molecule has 4 aromatic carbocycles. The van der Waals surface area contributed by atoms with Crippen LogP contribution in [0.3, 0.4) is 0 Å². The van der Waals surface area contributed by atoms with Gasteiger partial charge in [-0.05, 0) is 60.2 Å². The normalized spacial score (nSPS) is 11.3. The van der Waals surface area contributed by atoms with E-state index in [1.54, 1.807) is 6.07 Å². The summed E-state index contributed by atoms with van der Waals surface area (Å²) in [5.41, 5.74) is 7.29. The van der Waals surface area contributed by atoms with Crippen LogP contribution in [0.4, 0.5) is 17.2 Å². The van der Waals surface area contributed by atoms with Gasteiger partial charge in [-0.15, -0.1) is 0 Å². The Morgan fingerprint density at radius 2 is 1.27 bits per heavy atom. The molecule has 0 unspecified atom stereocenters. The highest BCUT2D eigenvalue weighted by molar-refractivity contribution is 5.80. The molecular weight excluding hydrogens is 502 g/mol. The van der Waals surface area contributed by atoms with Crippen LogP contribution in [-0.4, -0.2) is 15.1 Å². The van der Waals surface area contributed by atoms with Crippen LogP contribution in [0.5, 0.6) is 5.75 Å². The summed E-state index contributed by atoms with van der Waals surface area (Å²) in [5, 5.41) is 10.4. The zero-order chi connectivity index (χ0) is 28.2. The zero-order valence-electron chi connectivity index (χ0n) is 23.1. The number of benzene rings is 4. The summed E-state index contributed by atoms with van der Waals surface area (Å²) in [5.74, 6) is 1.09. The van der Waals surface area contributed by atoms with E-state index in [4.69, 9.17) is 9.97 Å². The maximum absolute atomic E-state index is 10.4. The van der Waals surface area contributed by atoms with Crippen LogP contribution in [0, 0.1) is 0 Å². The van der Waals surface area contributed by atoms with Gasteiger partial charge in [-0.3, -0.25) is 4.90 Å². The molecular formula is C37H31N3O. The van der Waals surface area contributed by atoms with Crippen molar-refractivity contribution in [3.05, 3.63) is 157 Å². The highest BCUT2D eigenvalue weighted by Crippen LogP contribution is 2.42. The van der Waals surface area contributed by atoms with Crippen molar-refractivity contribution in [2.75, 3.05) is 4.90 Å². The van der Waals surface area contributed by atoms with E-state index >= 15 is 0 Å². The van der Waals surface area contributed by atoms with Gasteiger partial charge in [-0.25, -0.2) is 9.97 Å². The van der Waals surface area contributed by atoms with Crippen LogP contribution in [0.1, 0.15) is 25.0 Å². The van der Waals surface area contributed by atoms with Gasteiger partial charge in [0, 0.05) is 39.7 Å². The van der Waals surface area contributed by atoms with Gasteiger partial charge in [0.25, 0.3) is 0 Å². The van der Waals surface area contributed by atoms with E-state index in [1.165, 1.54) is 5.56 Å². The molecule has 6 rings (SSSR count). The number of nitrogens with zero attached hydrogens (tertiary/aromatic N) is 3. The van der Waals surface area contributed by atoms with E-state index in [0.717, 1.165) is 39.7 Å². The van der Waals surface area contributed by atoms with E-state index in [1.807, 2.05) is 60.8 Å². The Balaban J connectivity index is 1.49. The fourth-order valence-electron chi connectivity index (χ4n) is 5.28. The number of para-hydroxylation sites is 2. The monoisotopic (exact) mass is 533 g/mol. The predicted molar refractivity (Wildman–Crippen MR) is 168 cm³/mol. The van der Waals surface area contributed by atoms with Crippen molar-refractivity contribution in [1.29, 1.82) is 0 Å². The van der Waals surface area contributed by atoms with E-state index in [0.29, 0.717) is 5.56 Å². The summed E-state index contributed by atoms with van der Waals surface area (Å²) in [7, 11) is 0. The van der Waals surface area contributed by atoms with E-state index < -0.39 is 0 Å². The fourth-order valence-corrected chi connectivity index (χ4v) is 5.28. The van der Waals surface area contributed by atoms with E-state index in [2.05, 4.69) is 97.6 Å². The summed E-state index contributed by atoms with van der Waals surface area (Å²) in [6.07, 6.45) is 1.86. The molecule has 0 fully saturated rings. The Kier molecular flexibility index (Phi) is 7.05. The molecule has 1 N–H and O–H groups in total. The second-order valence-corrected chi connectivity index (χ2v) is 10.5. The molecule has 4 heteroatoms. The average molecular weight is 534 g/mol. The molecule has 0 saturated carbocycles. The number of phenols is 1. The van der Waals surface area contributed by atoms with Gasteiger partial charge in [0.1, 0.15) is 11.6 Å². The van der Waals surface area contributed by atoms with Crippen molar-refractivity contribution < 1.29 is 5.11 Å². The molecule has 0 saturated heterocycles. The average Bonchev–Trinajstić information content (AvgIpc) is 3.03.